The predicted octanol–water partition coefficient (Wildman–Crippen LogP) is 4.58. The van der Waals surface area contributed by atoms with Crippen LogP contribution in [0.2, 0.25) is 0 Å². The fourth-order valence-corrected chi connectivity index (χ4v) is 3.55. The first-order valence-electron chi connectivity index (χ1n) is 6.59. The van der Waals surface area contributed by atoms with Gasteiger partial charge in [0.15, 0.2) is 0 Å². The molecule has 0 bridgehead atoms. The lowest BCUT2D eigenvalue weighted by molar-refractivity contribution is 0.247. The lowest BCUT2D eigenvalue weighted by Crippen LogP contribution is -2.26. The van der Waals surface area contributed by atoms with Gasteiger partial charge in [-0.2, -0.15) is 0 Å². The highest BCUT2D eigenvalue weighted by molar-refractivity contribution is 9.10. The van der Waals surface area contributed by atoms with Gasteiger partial charge in [-0.15, -0.1) is 0 Å². The molecule has 1 aromatic carbocycles. The molecular weight excluding hydrogens is 274 g/mol. The van der Waals surface area contributed by atoms with Gasteiger partial charge in [-0.3, -0.25) is 0 Å². The maximum Gasteiger partial charge on any atom is 0.0326 e. The van der Waals surface area contributed by atoms with E-state index in [1.807, 2.05) is 0 Å². The first-order chi connectivity index (χ1) is 8.08. The molecule has 17 heavy (non-hydrogen) atoms. The summed E-state index contributed by atoms with van der Waals surface area (Å²) in [5.74, 6) is 1.51. The molecule has 3 atom stereocenters. The normalized spacial score (nSPS) is 26.8. The van der Waals surface area contributed by atoms with Crippen LogP contribution in [-0.2, 0) is 0 Å². The standard InChI is InChI=1S/C15H22BrN/c1-10-4-3-5-12(8-10)15(17)14-7-6-13(16)9-11(14)2/h6-7,9-10,12,15H,3-5,8,17H2,1-2H3. The van der Waals surface area contributed by atoms with E-state index in [4.69, 9.17) is 5.73 Å². The second-order valence-electron chi connectivity index (χ2n) is 5.56. The van der Waals surface area contributed by atoms with Crippen molar-refractivity contribution in [2.24, 2.45) is 17.6 Å². The summed E-state index contributed by atoms with van der Waals surface area (Å²) in [6.07, 6.45) is 5.30. The topological polar surface area (TPSA) is 26.0 Å². The summed E-state index contributed by atoms with van der Waals surface area (Å²) in [6.45, 7) is 4.51. The molecular formula is C15H22BrN. The molecule has 1 nitrogen and oxygen atoms in total. The van der Waals surface area contributed by atoms with Crippen molar-refractivity contribution in [1.29, 1.82) is 0 Å². The third-order valence-electron chi connectivity index (χ3n) is 4.08. The van der Waals surface area contributed by atoms with Crippen LogP contribution in [0, 0.1) is 18.8 Å². The van der Waals surface area contributed by atoms with Crippen LogP contribution >= 0.6 is 15.9 Å². The Labute approximate surface area is 113 Å². The third kappa shape index (κ3) is 3.11. The molecule has 1 saturated carbocycles. The van der Waals surface area contributed by atoms with E-state index in [1.54, 1.807) is 0 Å². The third-order valence-corrected chi connectivity index (χ3v) is 4.57. The number of hydrogen-bond acceptors (Lipinski definition) is 1. The fourth-order valence-electron chi connectivity index (χ4n) is 3.07. The van der Waals surface area contributed by atoms with Crippen molar-refractivity contribution in [2.75, 3.05) is 0 Å². The molecule has 1 aromatic rings. The van der Waals surface area contributed by atoms with Crippen molar-refractivity contribution < 1.29 is 0 Å². The van der Waals surface area contributed by atoms with Crippen LogP contribution in [0.25, 0.3) is 0 Å². The number of benzene rings is 1. The van der Waals surface area contributed by atoms with Crippen molar-refractivity contribution >= 4 is 15.9 Å². The molecule has 1 aliphatic carbocycles. The van der Waals surface area contributed by atoms with Gasteiger partial charge < -0.3 is 5.73 Å². The van der Waals surface area contributed by atoms with Crippen LogP contribution in [0.15, 0.2) is 22.7 Å². The van der Waals surface area contributed by atoms with E-state index in [9.17, 15) is 0 Å². The Balaban J connectivity index is 2.15. The van der Waals surface area contributed by atoms with E-state index in [0.29, 0.717) is 5.92 Å². The van der Waals surface area contributed by atoms with Crippen LogP contribution in [-0.4, -0.2) is 0 Å². The number of rotatable bonds is 2. The molecule has 0 aromatic heterocycles. The highest BCUT2D eigenvalue weighted by atomic mass is 79.9. The number of halogens is 1. The average Bonchev–Trinajstić information content (AvgIpc) is 2.28. The van der Waals surface area contributed by atoms with Crippen LogP contribution < -0.4 is 5.73 Å². The summed E-state index contributed by atoms with van der Waals surface area (Å²) < 4.78 is 1.14. The minimum absolute atomic E-state index is 0.214. The lowest BCUT2D eigenvalue weighted by Gasteiger charge is -2.32. The van der Waals surface area contributed by atoms with E-state index in [0.717, 1.165) is 10.4 Å². The molecule has 2 rings (SSSR count). The van der Waals surface area contributed by atoms with E-state index in [1.165, 1.54) is 36.8 Å². The molecule has 0 spiro atoms. The van der Waals surface area contributed by atoms with Crippen molar-refractivity contribution in [3.63, 3.8) is 0 Å². The zero-order chi connectivity index (χ0) is 12.4. The van der Waals surface area contributed by atoms with Gasteiger partial charge in [0.1, 0.15) is 0 Å². The Morgan fingerprint density at radius 3 is 2.76 bits per heavy atom. The van der Waals surface area contributed by atoms with Gasteiger partial charge in [0.25, 0.3) is 0 Å². The summed E-state index contributed by atoms with van der Waals surface area (Å²) in [6, 6.07) is 6.67. The largest absolute Gasteiger partial charge is 0.324 e. The van der Waals surface area contributed by atoms with Crippen LogP contribution in [0.3, 0.4) is 0 Å². The van der Waals surface area contributed by atoms with Crippen molar-refractivity contribution in [2.45, 2.75) is 45.6 Å². The van der Waals surface area contributed by atoms with Crippen molar-refractivity contribution in [3.05, 3.63) is 33.8 Å². The maximum absolute atomic E-state index is 6.47. The van der Waals surface area contributed by atoms with Gasteiger partial charge in [0.05, 0.1) is 0 Å². The Morgan fingerprint density at radius 1 is 1.35 bits per heavy atom. The Hall–Kier alpha value is -0.340. The summed E-state index contributed by atoms with van der Waals surface area (Å²) in [7, 11) is 0. The molecule has 3 unspecified atom stereocenters. The van der Waals surface area contributed by atoms with Gasteiger partial charge in [-0.1, -0.05) is 41.8 Å². The Bertz CT molecular complexity index is 389. The van der Waals surface area contributed by atoms with E-state index >= 15 is 0 Å². The van der Waals surface area contributed by atoms with Crippen molar-refractivity contribution in [1.82, 2.24) is 0 Å². The number of nitrogens with two attached hydrogens (primary N) is 1. The average molecular weight is 296 g/mol. The molecule has 0 aliphatic heterocycles. The van der Waals surface area contributed by atoms with Crippen LogP contribution in [0.5, 0.6) is 0 Å². The molecule has 94 valence electrons. The van der Waals surface area contributed by atoms with Gasteiger partial charge >= 0.3 is 0 Å². The maximum atomic E-state index is 6.47. The molecule has 0 radical (unpaired) electrons. The van der Waals surface area contributed by atoms with Gasteiger partial charge in [-0.25, -0.2) is 0 Å². The monoisotopic (exact) mass is 295 g/mol. The summed E-state index contributed by atoms with van der Waals surface area (Å²) in [5, 5.41) is 0. The predicted molar refractivity (Wildman–Crippen MR) is 76.9 cm³/mol. The summed E-state index contributed by atoms with van der Waals surface area (Å²) in [4.78, 5) is 0. The first kappa shape index (κ1) is 13.1. The molecule has 0 amide bonds. The molecule has 0 saturated heterocycles. The minimum atomic E-state index is 0.214. The van der Waals surface area contributed by atoms with Gasteiger partial charge in [-0.05, 0) is 54.9 Å². The second kappa shape index (κ2) is 5.53. The van der Waals surface area contributed by atoms with E-state index in [2.05, 4.69) is 48.0 Å². The highest BCUT2D eigenvalue weighted by Gasteiger charge is 2.25. The quantitative estimate of drug-likeness (QED) is 0.849. The lowest BCUT2D eigenvalue weighted by atomic mass is 9.76. The molecule has 2 heteroatoms. The van der Waals surface area contributed by atoms with Crippen LogP contribution in [0.4, 0.5) is 0 Å². The highest BCUT2D eigenvalue weighted by Crippen LogP contribution is 2.37. The zero-order valence-corrected chi connectivity index (χ0v) is 12.3. The minimum Gasteiger partial charge on any atom is -0.324 e. The summed E-state index contributed by atoms with van der Waals surface area (Å²) >= 11 is 3.51. The molecule has 1 fully saturated rings. The zero-order valence-electron chi connectivity index (χ0n) is 10.7. The summed E-state index contributed by atoms with van der Waals surface area (Å²) in [5.41, 5.74) is 9.10. The van der Waals surface area contributed by atoms with Crippen LogP contribution in [0.1, 0.15) is 49.8 Å². The molecule has 0 heterocycles. The first-order valence-corrected chi connectivity index (χ1v) is 7.39. The van der Waals surface area contributed by atoms with E-state index < -0.39 is 0 Å². The van der Waals surface area contributed by atoms with Gasteiger partial charge in [0.2, 0.25) is 0 Å². The Morgan fingerprint density at radius 2 is 2.12 bits per heavy atom. The van der Waals surface area contributed by atoms with E-state index in [-0.39, 0.29) is 6.04 Å². The number of aryl methyl sites for hydroxylation is 1. The molecule has 2 N–H and O–H groups in total. The number of hydrogen-bond donors (Lipinski definition) is 1. The Kier molecular flexibility index (Phi) is 4.26. The second-order valence-corrected chi connectivity index (χ2v) is 6.47. The smallest absolute Gasteiger partial charge is 0.0326 e. The SMILES string of the molecule is Cc1cc(Br)ccc1C(N)C1CCCC(C)C1. The van der Waals surface area contributed by atoms with Crippen molar-refractivity contribution in [3.8, 4) is 0 Å². The molecule has 1 aliphatic rings. The van der Waals surface area contributed by atoms with Gasteiger partial charge in [0, 0.05) is 10.5 Å². The fraction of sp³-hybridized carbons (Fsp3) is 0.600.